The van der Waals surface area contributed by atoms with Crippen LogP contribution in [-0.2, 0) is 26.2 Å². The van der Waals surface area contributed by atoms with Crippen LogP contribution in [0.1, 0.15) is 18.9 Å². The minimum atomic E-state index is -4.25. The second-order valence-corrected chi connectivity index (χ2v) is 11.8. The molecule has 0 aliphatic heterocycles. The monoisotopic (exact) mass is 615 g/mol. The van der Waals surface area contributed by atoms with Crippen LogP contribution < -0.4 is 9.62 Å². The van der Waals surface area contributed by atoms with Crippen LogP contribution in [0.4, 0.5) is 5.69 Å². The summed E-state index contributed by atoms with van der Waals surface area (Å²) in [4.78, 5) is 27.9. The average molecular weight is 617 g/mol. The number of carbonyl (C=O) groups is 2. The molecule has 0 unspecified atom stereocenters. The number of anilines is 1. The molecule has 7 nitrogen and oxygen atoms in total. The zero-order valence-electron chi connectivity index (χ0n) is 20.5. The lowest BCUT2D eigenvalue weighted by Gasteiger charge is -2.33. The first kappa shape index (κ1) is 30.1. The zero-order chi connectivity index (χ0) is 28.0. The third kappa shape index (κ3) is 6.93. The summed E-state index contributed by atoms with van der Waals surface area (Å²) >= 11 is 25.1. The van der Waals surface area contributed by atoms with Gasteiger partial charge < -0.3 is 10.2 Å². The number of nitrogens with zero attached hydrogens (tertiary/aromatic N) is 2. The molecule has 2 amide bonds. The number of likely N-dealkylation sites (N-methyl/N-ethyl adjacent to an activating group) is 1. The topological polar surface area (TPSA) is 86.8 Å². The highest BCUT2D eigenvalue weighted by Crippen LogP contribution is 2.31. The van der Waals surface area contributed by atoms with Gasteiger partial charge in [0.25, 0.3) is 10.0 Å². The summed E-state index contributed by atoms with van der Waals surface area (Å²) < 4.78 is 28.4. The second kappa shape index (κ2) is 13.0. The van der Waals surface area contributed by atoms with Gasteiger partial charge in [0, 0.05) is 39.2 Å². The quantitative estimate of drug-likeness (QED) is 0.300. The molecule has 0 heterocycles. The van der Waals surface area contributed by atoms with Crippen molar-refractivity contribution in [1.82, 2.24) is 10.2 Å². The third-order valence-electron chi connectivity index (χ3n) is 5.77. The maximum absolute atomic E-state index is 13.9. The van der Waals surface area contributed by atoms with E-state index in [0.717, 1.165) is 4.31 Å². The van der Waals surface area contributed by atoms with E-state index in [1.165, 1.54) is 42.3 Å². The molecule has 0 bridgehead atoms. The molecule has 0 aliphatic carbocycles. The van der Waals surface area contributed by atoms with Crippen LogP contribution in [0.25, 0.3) is 0 Å². The largest absolute Gasteiger partial charge is 0.357 e. The van der Waals surface area contributed by atoms with Crippen molar-refractivity contribution in [3.05, 3.63) is 92.4 Å². The Balaban J connectivity index is 2.12. The Morgan fingerprint density at radius 3 is 2.00 bits per heavy atom. The van der Waals surface area contributed by atoms with Crippen molar-refractivity contribution in [2.75, 3.05) is 17.9 Å². The maximum atomic E-state index is 13.9. The lowest BCUT2D eigenvalue weighted by atomic mass is 10.1. The predicted octanol–water partition coefficient (Wildman–Crippen LogP) is 6.05. The molecule has 3 aromatic carbocycles. The van der Waals surface area contributed by atoms with Crippen molar-refractivity contribution in [1.29, 1.82) is 0 Å². The summed E-state index contributed by atoms with van der Waals surface area (Å²) in [5.74, 6) is -1.08. The van der Waals surface area contributed by atoms with Crippen LogP contribution >= 0.6 is 46.4 Å². The first-order valence-electron chi connectivity index (χ1n) is 11.5. The van der Waals surface area contributed by atoms with Gasteiger partial charge in [0.1, 0.15) is 12.6 Å². The first-order chi connectivity index (χ1) is 18.0. The van der Waals surface area contributed by atoms with Gasteiger partial charge in [-0.3, -0.25) is 13.9 Å². The van der Waals surface area contributed by atoms with Crippen LogP contribution in [0.2, 0.25) is 20.1 Å². The van der Waals surface area contributed by atoms with Gasteiger partial charge in [-0.05, 0) is 48.9 Å². The van der Waals surface area contributed by atoms with Crippen molar-refractivity contribution >= 4 is 73.9 Å². The van der Waals surface area contributed by atoms with E-state index in [4.69, 9.17) is 46.4 Å². The minimum absolute atomic E-state index is 0.0389. The molecule has 0 fully saturated rings. The van der Waals surface area contributed by atoms with E-state index < -0.39 is 34.4 Å². The highest BCUT2D eigenvalue weighted by atomic mass is 35.5. The number of benzene rings is 3. The molecule has 3 rings (SSSR count). The Morgan fingerprint density at radius 1 is 0.895 bits per heavy atom. The molecule has 0 saturated carbocycles. The fourth-order valence-corrected chi connectivity index (χ4v) is 6.32. The average Bonchev–Trinajstić information content (AvgIpc) is 2.88. The number of amides is 2. The van der Waals surface area contributed by atoms with E-state index >= 15 is 0 Å². The summed E-state index contributed by atoms with van der Waals surface area (Å²) in [6, 6.07) is 15.9. The molecule has 12 heteroatoms. The van der Waals surface area contributed by atoms with Gasteiger partial charge in [-0.15, -0.1) is 0 Å². The molecule has 1 N–H and O–H groups in total. The van der Waals surface area contributed by atoms with E-state index in [9.17, 15) is 18.0 Å². The van der Waals surface area contributed by atoms with Gasteiger partial charge in [0.2, 0.25) is 11.8 Å². The second-order valence-electron chi connectivity index (χ2n) is 8.21. The highest BCUT2D eigenvalue weighted by molar-refractivity contribution is 7.92. The van der Waals surface area contributed by atoms with Crippen molar-refractivity contribution in [3.8, 4) is 0 Å². The summed E-state index contributed by atoms with van der Waals surface area (Å²) in [6.45, 7) is 0.964. The van der Waals surface area contributed by atoms with Crippen molar-refractivity contribution in [2.45, 2.75) is 30.8 Å². The summed E-state index contributed by atoms with van der Waals surface area (Å²) in [7, 11) is -2.79. The van der Waals surface area contributed by atoms with Gasteiger partial charge in [-0.2, -0.15) is 0 Å². The van der Waals surface area contributed by atoms with Gasteiger partial charge in [-0.1, -0.05) is 77.6 Å². The molecule has 0 aromatic heterocycles. The van der Waals surface area contributed by atoms with E-state index in [0.29, 0.717) is 15.6 Å². The number of nitrogens with one attached hydrogen (secondary N) is 1. The van der Waals surface area contributed by atoms with E-state index in [1.54, 1.807) is 43.3 Å². The molecular weight excluding hydrogens is 592 g/mol. The molecular formula is C26H25Cl4N3O4S. The molecule has 0 radical (unpaired) electrons. The van der Waals surface area contributed by atoms with Crippen molar-refractivity contribution in [3.63, 3.8) is 0 Å². The third-order valence-corrected chi connectivity index (χ3v) is 8.70. The van der Waals surface area contributed by atoms with Crippen LogP contribution in [0, 0.1) is 0 Å². The lowest BCUT2D eigenvalue weighted by Crippen LogP contribution is -2.51. The van der Waals surface area contributed by atoms with Gasteiger partial charge in [0.05, 0.1) is 10.6 Å². The lowest BCUT2D eigenvalue weighted by molar-refractivity contribution is -0.140. The number of rotatable bonds is 10. The Labute approximate surface area is 242 Å². The Kier molecular flexibility index (Phi) is 10.3. The Hall–Kier alpha value is -2.49. The molecule has 202 valence electrons. The highest BCUT2D eigenvalue weighted by Gasteiger charge is 2.34. The van der Waals surface area contributed by atoms with Gasteiger partial charge in [-0.25, -0.2) is 8.42 Å². The zero-order valence-corrected chi connectivity index (χ0v) is 24.3. The summed E-state index contributed by atoms with van der Waals surface area (Å²) in [6.07, 6.45) is 0.252. The standard InChI is InChI=1S/C26H25Cl4N3O4S/c1-3-24(26(35)31-2)32(15-21-22(29)10-7-11-23(21)30)25(34)16-33(19-13-17(27)12-18(28)14-19)38(36,37)20-8-5-4-6-9-20/h4-14,24H,3,15-16H2,1-2H3,(H,31,35)/t24-/m0/s1. The Bertz CT molecular complexity index is 1380. The van der Waals surface area contributed by atoms with Crippen LogP contribution in [-0.4, -0.2) is 44.8 Å². The predicted molar refractivity (Wildman–Crippen MR) is 153 cm³/mol. The molecule has 1 atom stereocenters. The molecule has 38 heavy (non-hydrogen) atoms. The van der Waals surface area contributed by atoms with E-state index in [2.05, 4.69) is 5.32 Å². The van der Waals surface area contributed by atoms with Crippen molar-refractivity contribution in [2.24, 2.45) is 0 Å². The normalized spacial score (nSPS) is 12.1. The molecule has 3 aromatic rings. The van der Waals surface area contributed by atoms with Gasteiger partial charge >= 0.3 is 0 Å². The molecule has 0 spiro atoms. The number of hydrogen-bond acceptors (Lipinski definition) is 4. The van der Waals surface area contributed by atoms with Crippen LogP contribution in [0.3, 0.4) is 0 Å². The fraction of sp³-hybridized carbons (Fsp3) is 0.231. The van der Waals surface area contributed by atoms with Crippen LogP contribution in [0.15, 0.2) is 71.6 Å². The number of sulfonamides is 1. The molecule has 0 aliphatic rings. The fourth-order valence-electron chi connectivity index (χ4n) is 3.87. The van der Waals surface area contributed by atoms with Crippen LogP contribution in [0.5, 0.6) is 0 Å². The number of hydrogen-bond donors (Lipinski definition) is 1. The van der Waals surface area contributed by atoms with Crippen molar-refractivity contribution < 1.29 is 18.0 Å². The SMILES string of the molecule is CC[C@@H](C(=O)NC)N(Cc1c(Cl)cccc1Cl)C(=O)CN(c1cc(Cl)cc(Cl)c1)S(=O)(=O)c1ccccc1. The number of carbonyl (C=O) groups excluding carboxylic acids is 2. The maximum Gasteiger partial charge on any atom is 0.264 e. The number of halogens is 4. The Morgan fingerprint density at radius 2 is 1.47 bits per heavy atom. The summed E-state index contributed by atoms with van der Waals surface area (Å²) in [5, 5.41) is 3.53. The molecule has 0 saturated heterocycles. The smallest absolute Gasteiger partial charge is 0.264 e. The first-order valence-corrected chi connectivity index (χ1v) is 14.4. The summed E-state index contributed by atoms with van der Waals surface area (Å²) in [5.41, 5.74) is 0.512. The van der Waals surface area contributed by atoms with E-state index in [-0.39, 0.29) is 33.6 Å². The van der Waals surface area contributed by atoms with Gasteiger partial charge in [0.15, 0.2) is 0 Å². The minimum Gasteiger partial charge on any atom is -0.357 e. The van der Waals surface area contributed by atoms with E-state index in [1.807, 2.05) is 0 Å².